The number of carbonyl (C=O) groups is 1. The van der Waals surface area contributed by atoms with Crippen molar-refractivity contribution in [1.29, 1.82) is 0 Å². The number of piperidine rings is 1. The van der Waals surface area contributed by atoms with Crippen molar-refractivity contribution in [2.75, 3.05) is 6.54 Å². The van der Waals surface area contributed by atoms with Crippen LogP contribution in [0, 0.1) is 9.49 Å². The number of phenols is 1. The molecular weight excluding hydrogens is 365 g/mol. The molecule has 1 heterocycles. The molecule has 1 amide bonds. The molecule has 3 rings (SSSR count). The Bertz CT molecular complexity index is 515. The quantitative estimate of drug-likeness (QED) is 0.748. The average Bonchev–Trinajstić information content (AvgIpc) is 2.48. The monoisotopic (exact) mass is 385 g/mol. The van der Waals surface area contributed by atoms with Crippen molar-refractivity contribution in [3.63, 3.8) is 0 Å². The molecule has 4 heteroatoms. The maximum atomic E-state index is 12.8. The molecule has 3 nitrogen and oxygen atoms in total. The van der Waals surface area contributed by atoms with Crippen LogP contribution in [-0.2, 0) is 0 Å². The Morgan fingerprint density at radius 1 is 1.20 bits per heavy atom. The Morgan fingerprint density at radius 3 is 2.80 bits per heavy atom. The highest BCUT2D eigenvalue weighted by atomic mass is 127. The van der Waals surface area contributed by atoms with Crippen molar-refractivity contribution in [3.8, 4) is 5.75 Å². The van der Waals surface area contributed by atoms with Crippen LogP contribution in [0.3, 0.4) is 0 Å². The number of halogens is 1. The standard InChI is InChI=1S/C16H20INO2/c17-12-7-8-15(19)13(10-12)16(20)18-9-3-5-11-4-1-2-6-14(11)18/h7-8,10-11,14,19H,1-6,9H2/t11-,14-/m1/s1. The summed E-state index contributed by atoms with van der Waals surface area (Å²) in [4.78, 5) is 14.8. The molecule has 1 aromatic carbocycles. The predicted molar refractivity (Wildman–Crippen MR) is 86.8 cm³/mol. The topological polar surface area (TPSA) is 40.5 Å². The molecule has 2 fully saturated rings. The average molecular weight is 385 g/mol. The van der Waals surface area contributed by atoms with Gasteiger partial charge in [-0.25, -0.2) is 0 Å². The summed E-state index contributed by atoms with van der Waals surface area (Å²) in [5, 5.41) is 9.98. The van der Waals surface area contributed by atoms with Gasteiger partial charge in [0.1, 0.15) is 5.75 Å². The molecule has 0 aromatic heterocycles. The van der Waals surface area contributed by atoms with Crippen LogP contribution in [0.2, 0.25) is 0 Å². The Hall–Kier alpha value is -0.780. The van der Waals surface area contributed by atoms with Gasteiger partial charge < -0.3 is 10.0 Å². The van der Waals surface area contributed by atoms with Crippen molar-refractivity contribution >= 4 is 28.5 Å². The van der Waals surface area contributed by atoms with Crippen LogP contribution in [-0.4, -0.2) is 28.5 Å². The van der Waals surface area contributed by atoms with Gasteiger partial charge in [0.2, 0.25) is 0 Å². The summed E-state index contributed by atoms with van der Waals surface area (Å²) in [5.74, 6) is 0.789. The smallest absolute Gasteiger partial charge is 0.257 e. The van der Waals surface area contributed by atoms with Crippen LogP contribution in [0.1, 0.15) is 48.9 Å². The van der Waals surface area contributed by atoms with Gasteiger partial charge >= 0.3 is 0 Å². The van der Waals surface area contributed by atoms with Gasteiger partial charge in [-0.1, -0.05) is 12.8 Å². The highest BCUT2D eigenvalue weighted by Gasteiger charge is 2.36. The number of hydrogen-bond donors (Lipinski definition) is 1. The van der Waals surface area contributed by atoms with Gasteiger partial charge in [-0.05, 0) is 72.4 Å². The molecule has 1 saturated carbocycles. The summed E-state index contributed by atoms with van der Waals surface area (Å²) >= 11 is 2.18. The number of hydrogen-bond acceptors (Lipinski definition) is 2. The Morgan fingerprint density at radius 2 is 1.95 bits per heavy atom. The molecule has 1 aliphatic heterocycles. The molecule has 1 aliphatic carbocycles. The first kappa shape index (κ1) is 14.2. The molecule has 0 radical (unpaired) electrons. The van der Waals surface area contributed by atoms with E-state index in [9.17, 15) is 9.90 Å². The van der Waals surface area contributed by atoms with Gasteiger partial charge in [0, 0.05) is 16.2 Å². The lowest BCUT2D eigenvalue weighted by Gasteiger charge is -2.44. The van der Waals surface area contributed by atoms with Gasteiger partial charge in [0.15, 0.2) is 0 Å². The lowest BCUT2D eigenvalue weighted by atomic mass is 9.78. The van der Waals surface area contributed by atoms with E-state index in [4.69, 9.17) is 0 Å². The minimum Gasteiger partial charge on any atom is -0.507 e. The summed E-state index contributed by atoms with van der Waals surface area (Å²) < 4.78 is 0.987. The molecule has 1 N–H and O–H groups in total. The third-order valence-corrected chi connectivity index (χ3v) is 5.36. The van der Waals surface area contributed by atoms with E-state index < -0.39 is 0 Å². The second kappa shape index (κ2) is 5.92. The number of amides is 1. The van der Waals surface area contributed by atoms with Crippen LogP contribution in [0.15, 0.2) is 18.2 Å². The molecule has 2 atom stereocenters. The second-order valence-electron chi connectivity index (χ2n) is 5.91. The molecule has 2 aliphatic rings. The zero-order valence-electron chi connectivity index (χ0n) is 11.5. The van der Waals surface area contributed by atoms with E-state index in [0.717, 1.165) is 23.0 Å². The SMILES string of the molecule is O=C(c1cc(I)ccc1O)N1CCC[C@H]2CCCC[C@H]21. The van der Waals surface area contributed by atoms with E-state index in [0.29, 0.717) is 17.5 Å². The molecular formula is C16H20INO2. The molecule has 0 unspecified atom stereocenters. The van der Waals surface area contributed by atoms with Gasteiger partial charge in [0.05, 0.1) is 5.56 Å². The van der Waals surface area contributed by atoms with Crippen LogP contribution in [0.5, 0.6) is 5.75 Å². The maximum Gasteiger partial charge on any atom is 0.257 e. The number of carbonyl (C=O) groups excluding carboxylic acids is 1. The number of likely N-dealkylation sites (tertiary alicyclic amines) is 1. The number of aromatic hydroxyl groups is 1. The van der Waals surface area contributed by atoms with Crippen molar-refractivity contribution in [3.05, 3.63) is 27.3 Å². The largest absolute Gasteiger partial charge is 0.507 e. The summed E-state index contributed by atoms with van der Waals surface area (Å²) in [6.45, 7) is 0.838. The fourth-order valence-electron chi connectivity index (χ4n) is 3.71. The van der Waals surface area contributed by atoms with Crippen molar-refractivity contribution < 1.29 is 9.90 Å². The molecule has 20 heavy (non-hydrogen) atoms. The van der Waals surface area contributed by atoms with Crippen molar-refractivity contribution in [2.45, 2.75) is 44.6 Å². The second-order valence-corrected chi connectivity index (χ2v) is 7.16. The minimum atomic E-state index is 0.0117. The fraction of sp³-hybridized carbons (Fsp3) is 0.562. The number of rotatable bonds is 1. The van der Waals surface area contributed by atoms with Crippen LogP contribution in [0.4, 0.5) is 0 Å². The first-order valence-electron chi connectivity index (χ1n) is 7.46. The van der Waals surface area contributed by atoms with Crippen LogP contribution in [0.25, 0.3) is 0 Å². The molecule has 0 bridgehead atoms. The number of phenolic OH excluding ortho intramolecular Hbond substituents is 1. The number of nitrogens with zero attached hydrogens (tertiary/aromatic N) is 1. The summed E-state index contributed by atoms with van der Waals surface area (Å²) in [7, 11) is 0. The molecule has 0 spiro atoms. The Balaban J connectivity index is 1.87. The molecule has 1 saturated heterocycles. The third kappa shape index (κ3) is 2.67. The van der Waals surface area contributed by atoms with Gasteiger partial charge in [0.25, 0.3) is 5.91 Å². The van der Waals surface area contributed by atoms with E-state index in [1.165, 1.54) is 25.7 Å². The van der Waals surface area contributed by atoms with Crippen molar-refractivity contribution in [1.82, 2.24) is 4.90 Å². The van der Waals surface area contributed by atoms with Gasteiger partial charge in [-0.2, -0.15) is 0 Å². The van der Waals surface area contributed by atoms with E-state index in [-0.39, 0.29) is 11.7 Å². The summed E-state index contributed by atoms with van der Waals surface area (Å²) in [6, 6.07) is 5.64. The number of benzene rings is 1. The fourth-order valence-corrected chi connectivity index (χ4v) is 4.20. The Kier molecular flexibility index (Phi) is 4.19. The first-order valence-corrected chi connectivity index (χ1v) is 8.54. The minimum absolute atomic E-state index is 0.0117. The van der Waals surface area contributed by atoms with Crippen molar-refractivity contribution in [2.24, 2.45) is 5.92 Å². The van der Waals surface area contributed by atoms with E-state index in [2.05, 4.69) is 22.6 Å². The zero-order valence-corrected chi connectivity index (χ0v) is 13.7. The molecule has 1 aromatic rings. The van der Waals surface area contributed by atoms with Gasteiger partial charge in [-0.3, -0.25) is 4.79 Å². The summed E-state index contributed by atoms with van der Waals surface area (Å²) in [5.41, 5.74) is 0.461. The maximum absolute atomic E-state index is 12.8. The van der Waals surface area contributed by atoms with Crippen LogP contribution < -0.4 is 0 Å². The highest BCUT2D eigenvalue weighted by Crippen LogP contribution is 2.36. The first-order chi connectivity index (χ1) is 9.66. The lowest BCUT2D eigenvalue weighted by molar-refractivity contribution is 0.0388. The number of fused-ring (bicyclic) bond motifs is 1. The van der Waals surface area contributed by atoms with E-state index >= 15 is 0 Å². The third-order valence-electron chi connectivity index (χ3n) is 4.69. The predicted octanol–water partition coefficient (Wildman–Crippen LogP) is 3.79. The molecule has 108 valence electrons. The normalized spacial score (nSPS) is 26.1. The summed E-state index contributed by atoms with van der Waals surface area (Å²) in [6.07, 6.45) is 7.26. The van der Waals surface area contributed by atoms with E-state index in [1.54, 1.807) is 12.1 Å². The zero-order chi connectivity index (χ0) is 14.1. The van der Waals surface area contributed by atoms with Gasteiger partial charge in [-0.15, -0.1) is 0 Å². The lowest BCUT2D eigenvalue weighted by Crippen LogP contribution is -2.49. The Labute approximate surface area is 133 Å². The van der Waals surface area contributed by atoms with Crippen LogP contribution >= 0.6 is 22.6 Å². The van der Waals surface area contributed by atoms with E-state index in [1.807, 2.05) is 11.0 Å². The highest BCUT2D eigenvalue weighted by molar-refractivity contribution is 14.1.